The second-order valence-electron chi connectivity index (χ2n) is 7.20. The van der Waals surface area contributed by atoms with Crippen molar-refractivity contribution in [2.24, 2.45) is 0 Å². The number of nitrogens with one attached hydrogen (secondary N) is 2. The molecule has 2 N–H and O–H groups in total. The zero-order valence-electron chi connectivity index (χ0n) is 16.6. The van der Waals surface area contributed by atoms with Crippen LogP contribution < -0.4 is 20.1 Å². The van der Waals surface area contributed by atoms with E-state index < -0.39 is 11.8 Å². The van der Waals surface area contributed by atoms with Gasteiger partial charge in [0, 0.05) is 32.7 Å². The second-order valence-corrected chi connectivity index (χ2v) is 7.20. The zero-order valence-corrected chi connectivity index (χ0v) is 16.6. The SMILES string of the molecule is O=C(NCCN1CCOC(c2ccccc2)C1)C(=O)NCc1ccc2c(c1)OCO2. The number of ether oxygens (including phenoxy) is 3. The number of carbonyl (C=O) groups excluding carboxylic acids is 2. The molecule has 2 aromatic rings. The lowest BCUT2D eigenvalue weighted by Gasteiger charge is -2.33. The summed E-state index contributed by atoms with van der Waals surface area (Å²) in [6.45, 7) is 3.70. The number of amides is 2. The highest BCUT2D eigenvalue weighted by molar-refractivity contribution is 6.35. The van der Waals surface area contributed by atoms with Gasteiger partial charge in [-0.3, -0.25) is 14.5 Å². The van der Waals surface area contributed by atoms with Crippen molar-refractivity contribution in [1.82, 2.24) is 15.5 Å². The molecule has 8 nitrogen and oxygen atoms in total. The molecule has 1 unspecified atom stereocenters. The van der Waals surface area contributed by atoms with Crippen LogP contribution in [0.25, 0.3) is 0 Å². The molecular formula is C22H25N3O5. The van der Waals surface area contributed by atoms with Crippen molar-refractivity contribution >= 4 is 11.8 Å². The van der Waals surface area contributed by atoms with E-state index in [2.05, 4.69) is 27.7 Å². The van der Waals surface area contributed by atoms with Crippen molar-refractivity contribution < 1.29 is 23.8 Å². The molecule has 2 aromatic carbocycles. The van der Waals surface area contributed by atoms with Crippen LogP contribution >= 0.6 is 0 Å². The van der Waals surface area contributed by atoms with Gasteiger partial charge in [0.05, 0.1) is 12.7 Å². The van der Waals surface area contributed by atoms with E-state index in [-0.39, 0.29) is 19.4 Å². The first-order chi connectivity index (χ1) is 14.7. The minimum absolute atomic E-state index is 0.0284. The van der Waals surface area contributed by atoms with Crippen molar-refractivity contribution in [3.05, 3.63) is 59.7 Å². The molecular weight excluding hydrogens is 386 g/mol. The summed E-state index contributed by atoms with van der Waals surface area (Å²) in [7, 11) is 0. The summed E-state index contributed by atoms with van der Waals surface area (Å²) >= 11 is 0. The van der Waals surface area contributed by atoms with Gasteiger partial charge in [0.25, 0.3) is 0 Å². The normalized spacial score (nSPS) is 18.1. The molecule has 2 amide bonds. The fourth-order valence-corrected chi connectivity index (χ4v) is 3.50. The van der Waals surface area contributed by atoms with Crippen molar-refractivity contribution in [2.45, 2.75) is 12.6 Å². The van der Waals surface area contributed by atoms with Gasteiger partial charge in [-0.05, 0) is 23.3 Å². The Kier molecular flexibility index (Phi) is 6.46. The molecule has 2 aliphatic rings. The monoisotopic (exact) mass is 411 g/mol. The number of fused-ring (bicyclic) bond motifs is 1. The molecule has 0 spiro atoms. The predicted octanol–water partition coefficient (Wildman–Crippen LogP) is 1.22. The molecule has 0 aliphatic carbocycles. The highest BCUT2D eigenvalue weighted by atomic mass is 16.7. The number of benzene rings is 2. The first-order valence-electron chi connectivity index (χ1n) is 10.0. The van der Waals surface area contributed by atoms with Crippen LogP contribution in [0.5, 0.6) is 11.5 Å². The summed E-state index contributed by atoms with van der Waals surface area (Å²) in [4.78, 5) is 26.4. The third-order valence-corrected chi connectivity index (χ3v) is 5.13. The van der Waals surface area contributed by atoms with Crippen molar-refractivity contribution in [3.63, 3.8) is 0 Å². The van der Waals surface area contributed by atoms with Gasteiger partial charge in [-0.1, -0.05) is 36.4 Å². The van der Waals surface area contributed by atoms with E-state index in [0.717, 1.165) is 24.2 Å². The van der Waals surface area contributed by atoms with E-state index in [0.29, 0.717) is 31.2 Å². The lowest BCUT2D eigenvalue weighted by atomic mass is 10.1. The van der Waals surface area contributed by atoms with Gasteiger partial charge >= 0.3 is 11.8 Å². The van der Waals surface area contributed by atoms with Crippen LogP contribution in [0.1, 0.15) is 17.2 Å². The molecule has 1 atom stereocenters. The molecule has 30 heavy (non-hydrogen) atoms. The number of nitrogens with zero attached hydrogens (tertiary/aromatic N) is 1. The maximum atomic E-state index is 12.1. The zero-order chi connectivity index (χ0) is 20.8. The smallest absolute Gasteiger partial charge is 0.309 e. The molecule has 2 aliphatic heterocycles. The van der Waals surface area contributed by atoms with Crippen LogP contribution in [0.4, 0.5) is 0 Å². The Morgan fingerprint density at radius 1 is 1.00 bits per heavy atom. The quantitative estimate of drug-likeness (QED) is 0.695. The maximum Gasteiger partial charge on any atom is 0.309 e. The molecule has 0 bridgehead atoms. The molecule has 158 valence electrons. The largest absolute Gasteiger partial charge is 0.454 e. The van der Waals surface area contributed by atoms with Crippen LogP contribution in [-0.4, -0.2) is 56.3 Å². The van der Waals surface area contributed by atoms with Gasteiger partial charge < -0.3 is 24.8 Å². The van der Waals surface area contributed by atoms with Crippen molar-refractivity contribution in [2.75, 3.05) is 39.6 Å². The molecule has 8 heteroatoms. The summed E-state index contributed by atoms with van der Waals surface area (Å²) in [6, 6.07) is 15.5. The average molecular weight is 411 g/mol. The second kappa shape index (κ2) is 9.60. The molecule has 4 rings (SSSR count). The van der Waals surface area contributed by atoms with Crippen LogP contribution in [-0.2, 0) is 20.9 Å². The van der Waals surface area contributed by atoms with Crippen LogP contribution in [0.15, 0.2) is 48.5 Å². The topological polar surface area (TPSA) is 89.1 Å². The summed E-state index contributed by atoms with van der Waals surface area (Å²) < 4.78 is 16.4. The number of carbonyl (C=O) groups is 2. The van der Waals surface area contributed by atoms with E-state index in [1.807, 2.05) is 24.3 Å². The Bertz CT molecular complexity index is 890. The number of hydrogen-bond donors (Lipinski definition) is 2. The van der Waals surface area contributed by atoms with E-state index in [9.17, 15) is 9.59 Å². The van der Waals surface area contributed by atoms with Gasteiger partial charge in [-0.25, -0.2) is 0 Å². The molecule has 0 saturated carbocycles. The van der Waals surface area contributed by atoms with E-state index in [4.69, 9.17) is 14.2 Å². The predicted molar refractivity (Wildman–Crippen MR) is 109 cm³/mol. The number of rotatable bonds is 6. The first-order valence-corrected chi connectivity index (χ1v) is 10.0. The maximum absolute atomic E-state index is 12.1. The Hall–Kier alpha value is -3.10. The highest BCUT2D eigenvalue weighted by Gasteiger charge is 2.22. The Labute approximate surface area is 175 Å². The van der Waals surface area contributed by atoms with E-state index >= 15 is 0 Å². The third-order valence-electron chi connectivity index (χ3n) is 5.13. The minimum atomic E-state index is -0.656. The van der Waals surface area contributed by atoms with Crippen LogP contribution in [0, 0.1) is 0 Å². The minimum Gasteiger partial charge on any atom is -0.454 e. The summed E-state index contributed by atoms with van der Waals surface area (Å²) in [5.41, 5.74) is 1.98. The highest BCUT2D eigenvalue weighted by Crippen LogP contribution is 2.32. The number of morpholine rings is 1. The molecule has 1 fully saturated rings. The van der Waals surface area contributed by atoms with Gasteiger partial charge in [0.1, 0.15) is 0 Å². The Morgan fingerprint density at radius 3 is 2.67 bits per heavy atom. The standard InChI is InChI=1S/C22H25N3O5/c26-21(22(27)24-13-16-6-7-18-19(12-16)30-15-29-18)23-8-9-25-10-11-28-20(14-25)17-4-2-1-3-5-17/h1-7,12,20H,8-11,13-15H2,(H,23,26)(H,24,27). The molecule has 0 aromatic heterocycles. The summed E-state index contributed by atoms with van der Waals surface area (Å²) in [6.07, 6.45) is 0.0284. The van der Waals surface area contributed by atoms with Crippen LogP contribution in [0.3, 0.4) is 0 Å². The average Bonchev–Trinajstić information content (AvgIpc) is 3.26. The van der Waals surface area contributed by atoms with E-state index in [1.54, 1.807) is 12.1 Å². The van der Waals surface area contributed by atoms with Gasteiger partial charge in [-0.2, -0.15) is 0 Å². The molecule has 0 radical (unpaired) electrons. The van der Waals surface area contributed by atoms with Gasteiger partial charge in [0.2, 0.25) is 6.79 Å². The molecule has 1 saturated heterocycles. The van der Waals surface area contributed by atoms with Crippen LogP contribution in [0.2, 0.25) is 0 Å². The fraction of sp³-hybridized carbons (Fsp3) is 0.364. The van der Waals surface area contributed by atoms with E-state index in [1.165, 1.54) is 0 Å². The number of hydrogen-bond acceptors (Lipinski definition) is 6. The van der Waals surface area contributed by atoms with Crippen molar-refractivity contribution in [1.29, 1.82) is 0 Å². The lowest BCUT2D eigenvalue weighted by molar-refractivity contribution is -0.139. The van der Waals surface area contributed by atoms with Gasteiger partial charge in [0.15, 0.2) is 11.5 Å². The first kappa shape index (κ1) is 20.2. The Balaban J connectivity index is 1.17. The Morgan fingerprint density at radius 2 is 1.80 bits per heavy atom. The van der Waals surface area contributed by atoms with Gasteiger partial charge in [-0.15, -0.1) is 0 Å². The third kappa shape index (κ3) is 5.08. The fourth-order valence-electron chi connectivity index (χ4n) is 3.50. The summed E-state index contributed by atoms with van der Waals surface area (Å²) in [5.74, 6) is 0.0337. The summed E-state index contributed by atoms with van der Waals surface area (Å²) in [5, 5.41) is 5.31. The van der Waals surface area contributed by atoms with Crippen molar-refractivity contribution in [3.8, 4) is 11.5 Å². The lowest BCUT2D eigenvalue weighted by Crippen LogP contribution is -2.45. The molecule has 2 heterocycles.